The third-order valence-electron chi connectivity index (χ3n) is 6.20. The van der Waals surface area contributed by atoms with Gasteiger partial charge in [-0.3, -0.25) is 14.3 Å². The van der Waals surface area contributed by atoms with Crippen LogP contribution in [0.3, 0.4) is 0 Å². The van der Waals surface area contributed by atoms with Gasteiger partial charge < -0.3 is 10.1 Å². The van der Waals surface area contributed by atoms with Crippen molar-refractivity contribution in [2.24, 2.45) is 7.05 Å². The Balaban J connectivity index is 1.34. The van der Waals surface area contributed by atoms with E-state index in [2.05, 4.69) is 10.4 Å². The van der Waals surface area contributed by atoms with Gasteiger partial charge in [-0.05, 0) is 51.1 Å². The van der Waals surface area contributed by atoms with Crippen LogP contribution in [0.15, 0.2) is 71.5 Å². The highest BCUT2D eigenvalue weighted by atomic mass is 32.1. The summed E-state index contributed by atoms with van der Waals surface area (Å²) >= 11 is 1.25. The second-order valence-electron chi connectivity index (χ2n) is 8.64. The van der Waals surface area contributed by atoms with Crippen LogP contribution in [0, 0.1) is 13.8 Å². The van der Waals surface area contributed by atoms with E-state index in [4.69, 9.17) is 4.74 Å². The second kappa shape index (κ2) is 9.55. The number of hydrogen-bond acceptors (Lipinski definition) is 6. The van der Waals surface area contributed by atoms with Crippen molar-refractivity contribution in [3.63, 3.8) is 0 Å². The number of aryl methyl sites for hydroxylation is 1. The SMILES string of the molecule is Cc1nn(-c2ccccc2)c2sc(C(=O)O[C@H](C)C(=O)Nc3c(C)n(C)n(-c4ccccc4)c3=O)cc12. The van der Waals surface area contributed by atoms with Crippen LogP contribution >= 0.6 is 11.3 Å². The Morgan fingerprint density at radius 3 is 2.27 bits per heavy atom. The Morgan fingerprint density at radius 1 is 1.00 bits per heavy atom. The van der Waals surface area contributed by atoms with Crippen LogP contribution in [0.2, 0.25) is 0 Å². The van der Waals surface area contributed by atoms with Gasteiger partial charge in [-0.15, -0.1) is 11.3 Å². The minimum absolute atomic E-state index is 0.139. The molecule has 1 atom stereocenters. The third kappa shape index (κ3) is 4.36. The third-order valence-corrected chi connectivity index (χ3v) is 7.29. The molecule has 37 heavy (non-hydrogen) atoms. The van der Waals surface area contributed by atoms with Gasteiger partial charge in [-0.2, -0.15) is 5.10 Å². The molecule has 5 rings (SSSR count). The summed E-state index contributed by atoms with van der Waals surface area (Å²) in [5.41, 5.74) is 2.69. The minimum Gasteiger partial charge on any atom is -0.448 e. The first kappa shape index (κ1) is 24.3. The molecule has 0 radical (unpaired) electrons. The molecule has 3 aromatic heterocycles. The molecule has 0 spiro atoms. The number of nitrogens with zero attached hydrogens (tertiary/aromatic N) is 4. The van der Waals surface area contributed by atoms with Crippen molar-refractivity contribution < 1.29 is 14.3 Å². The molecular formula is C27H25N5O4S. The van der Waals surface area contributed by atoms with Crippen molar-refractivity contribution in [1.82, 2.24) is 19.1 Å². The van der Waals surface area contributed by atoms with Gasteiger partial charge in [0.2, 0.25) is 0 Å². The Bertz CT molecular complexity index is 1680. The zero-order valence-electron chi connectivity index (χ0n) is 20.8. The smallest absolute Gasteiger partial charge is 0.349 e. The number of carbonyl (C=O) groups excluding carboxylic acids is 2. The lowest BCUT2D eigenvalue weighted by Crippen LogP contribution is -2.32. The average molecular weight is 516 g/mol. The van der Waals surface area contributed by atoms with Crippen LogP contribution < -0.4 is 10.9 Å². The summed E-state index contributed by atoms with van der Waals surface area (Å²) in [6.45, 7) is 5.10. The fourth-order valence-corrected chi connectivity index (χ4v) is 5.17. The van der Waals surface area contributed by atoms with Crippen LogP contribution in [-0.2, 0) is 16.6 Å². The number of hydrogen-bond donors (Lipinski definition) is 1. The molecule has 10 heteroatoms. The maximum atomic E-state index is 13.1. The molecule has 1 N–H and O–H groups in total. The molecule has 0 saturated heterocycles. The summed E-state index contributed by atoms with van der Waals surface area (Å²) in [4.78, 5) is 40.1. The first-order valence-electron chi connectivity index (χ1n) is 11.7. The molecule has 0 fully saturated rings. The van der Waals surface area contributed by atoms with Gasteiger partial charge in [-0.1, -0.05) is 36.4 Å². The Kier molecular flexibility index (Phi) is 6.26. The average Bonchev–Trinajstić information content (AvgIpc) is 3.53. The van der Waals surface area contributed by atoms with Gasteiger partial charge in [0.25, 0.3) is 11.5 Å². The predicted molar refractivity (Wildman–Crippen MR) is 143 cm³/mol. The number of thiophene rings is 1. The van der Waals surface area contributed by atoms with Crippen LogP contribution in [-0.4, -0.2) is 37.1 Å². The summed E-state index contributed by atoms with van der Waals surface area (Å²) in [7, 11) is 1.74. The Hall–Kier alpha value is -4.44. The molecule has 2 aromatic carbocycles. The highest BCUT2D eigenvalue weighted by molar-refractivity contribution is 7.20. The normalized spacial score (nSPS) is 12.0. The molecule has 188 valence electrons. The topological polar surface area (TPSA) is 100 Å². The van der Waals surface area contributed by atoms with E-state index in [1.54, 1.807) is 41.5 Å². The highest BCUT2D eigenvalue weighted by Crippen LogP contribution is 2.31. The first-order valence-corrected chi connectivity index (χ1v) is 12.5. The molecule has 9 nitrogen and oxygen atoms in total. The lowest BCUT2D eigenvalue weighted by Gasteiger charge is -2.12. The van der Waals surface area contributed by atoms with Crippen molar-refractivity contribution in [1.29, 1.82) is 0 Å². The number of esters is 1. The summed E-state index contributed by atoms with van der Waals surface area (Å²) in [5, 5.41) is 8.07. The van der Waals surface area contributed by atoms with E-state index in [1.807, 2.05) is 55.5 Å². The Labute approximate surface area is 216 Å². The van der Waals surface area contributed by atoms with E-state index in [1.165, 1.54) is 22.9 Å². The zero-order chi connectivity index (χ0) is 26.3. The van der Waals surface area contributed by atoms with E-state index >= 15 is 0 Å². The fraction of sp³-hybridized carbons (Fsp3) is 0.185. The molecule has 5 aromatic rings. The molecule has 0 aliphatic carbocycles. The summed E-state index contributed by atoms with van der Waals surface area (Å²) < 4.78 is 10.4. The van der Waals surface area contributed by atoms with E-state index in [-0.39, 0.29) is 11.2 Å². The zero-order valence-corrected chi connectivity index (χ0v) is 21.6. The van der Waals surface area contributed by atoms with E-state index in [0.717, 1.165) is 21.6 Å². The largest absolute Gasteiger partial charge is 0.448 e. The van der Waals surface area contributed by atoms with Crippen molar-refractivity contribution in [3.05, 3.63) is 93.3 Å². The molecule has 0 aliphatic rings. The molecule has 0 unspecified atom stereocenters. The number of benzene rings is 2. The van der Waals surface area contributed by atoms with Gasteiger partial charge in [-0.25, -0.2) is 14.2 Å². The van der Waals surface area contributed by atoms with Gasteiger partial charge >= 0.3 is 5.97 Å². The number of rotatable bonds is 6. The maximum Gasteiger partial charge on any atom is 0.349 e. The molecule has 0 aliphatic heterocycles. The van der Waals surface area contributed by atoms with Crippen LogP contribution in [0.25, 0.3) is 21.6 Å². The van der Waals surface area contributed by atoms with E-state index in [0.29, 0.717) is 16.3 Å². The van der Waals surface area contributed by atoms with Gasteiger partial charge in [0, 0.05) is 12.4 Å². The molecule has 0 saturated carbocycles. The quantitative estimate of drug-likeness (QED) is 0.339. The van der Waals surface area contributed by atoms with Crippen LogP contribution in [0.1, 0.15) is 28.0 Å². The number of para-hydroxylation sites is 2. The van der Waals surface area contributed by atoms with Crippen molar-refractivity contribution in [2.75, 3.05) is 5.32 Å². The fourth-order valence-electron chi connectivity index (χ4n) is 4.10. The molecule has 1 amide bonds. The number of anilines is 1. The van der Waals surface area contributed by atoms with Gasteiger partial charge in [0.05, 0.1) is 22.8 Å². The number of carbonyl (C=O) groups is 2. The predicted octanol–water partition coefficient (Wildman–Crippen LogP) is 4.38. The highest BCUT2D eigenvalue weighted by Gasteiger charge is 2.25. The lowest BCUT2D eigenvalue weighted by molar-refractivity contribution is -0.123. The molecular weight excluding hydrogens is 490 g/mol. The number of ether oxygens (including phenoxy) is 1. The van der Waals surface area contributed by atoms with E-state index < -0.39 is 18.0 Å². The van der Waals surface area contributed by atoms with E-state index in [9.17, 15) is 14.4 Å². The Morgan fingerprint density at radius 2 is 1.62 bits per heavy atom. The monoisotopic (exact) mass is 515 g/mol. The lowest BCUT2D eigenvalue weighted by atomic mass is 10.3. The number of amides is 1. The van der Waals surface area contributed by atoms with Crippen molar-refractivity contribution in [3.8, 4) is 11.4 Å². The first-order chi connectivity index (χ1) is 17.8. The minimum atomic E-state index is -1.12. The maximum absolute atomic E-state index is 13.1. The summed E-state index contributed by atoms with van der Waals surface area (Å²) in [6, 6.07) is 20.5. The number of aromatic nitrogens is 4. The summed E-state index contributed by atoms with van der Waals surface area (Å²) in [5.74, 6) is -1.21. The second-order valence-corrected chi connectivity index (χ2v) is 9.67. The van der Waals surface area contributed by atoms with Gasteiger partial charge in [0.15, 0.2) is 6.10 Å². The molecule has 3 heterocycles. The summed E-state index contributed by atoms with van der Waals surface area (Å²) in [6.07, 6.45) is -1.12. The van der Waals surface area contributed by atoms with Gasteiger partial charge in [0.1, 0.15) is 15.4 Å². The number of nitrogens with one attached hydrogen (secondary N) is 1. The number of fused-ring (bicyclic) bond motifs is 1. The van der Waals surface area contributed by atoms with Crippen molar-refractivity contribution in [2.45, 2.75) is 26.9 Å². The van der Waals surface area contributed by atoms with Crippen molar-refractivity contribution >= 4 is 39.1 Å². The molecule has 0 bridgehead atoms. The van der Waals surface area contributed by atoms with Crippen LogP contribution in [0.5, 0.6) is 0 Å². The standard InChI is InChI=1S/C27H25N5O4S/c1-16-21-15-22(37-26(21)31(29-16)19-11-7-5-8-12-19)27(35)36-18(3)24(33)28-23-17(2)30(4)32(25(23)34)20-13-9-6-10-14-20/h5-15,18H,1-4H3,(H,28,33)/t18-/m1/s1. The van der Waals surface area contributed by atoms with Crippen LogP contribution in [0.4, 0.5) is 5.69 Å².